The summed E-state index contributed by atoms with van der Waals surface area (Å²) >= 11 is 12.1. The van der Waals surface area contributed by atoms with Crippen molar-refractivity contribution in [1.82, 2.24) is 16.1 Å². The Hall–Kier alpha value is -1.67. The first-order valence-electron chi connectivity index (χ1n) is 8.41. The molecule has 3 rings (SSSR count). The Morgan fingerprint density at radius 1 is 1.35 bits per heavy atom. The molecule has 1 saturated heterocycles. The van der Waals surface area contributed by atoms with Gasteiger partial charge in [-0.3, -0.25) is 9.59 Å². The average molecular weight is 399 g/mol. The van der Waals surface area contributed by atoms with Crippen molar-refractivity contribution in [1.29, 1.82) is 0 Å². The maximum absolute atomic E-state index is 12.1. The molecule has 0 radical (unpaired) electrons. The van der Waals surface area contributed by atoms with Crippen LogP contribution in [0.3, 0.4) is 0 Å². The fourth-order valence-electron chi connectivity index (χ4n) is 3.03. The number of hydrazone groups is 1. The van der Waals surface area contributed by atoms with E-state index in [1.165, 1.54) is 0 Å². The van der Waals surface area contributed by atoms with Crippen LogP contribution >= 0.6 is 23.2 Å². The van der Waals surface area contributed by atoms with E-state index in [1.807, 2.05) is 6.07 Å². The van der Waals surface area contributed by atoms with Crippen LogP contribution in [-0.2, 0) is 14.3 Å². The molecule has 1 aromatic carbocycles. The standard InChI is InChI=1S/C17H20Cl2N4O3/c18-13-2-1-10(5-14(13)19)17-11(8-20-3-4-26-17)9-21-15(24)6-12-7-16(25)23-22-12/h1-2,5,11,17,20H,3-4,6-9H2,(H,21,24)(H,23,25)/t11-,17-/m0/s1. The summed E-state index contributed by atoms with van der Waals surface area (Å²) in [6, 6.07) is 5.45. The van der Waals surface area contributed by atoms with E-state index in [4.69, 9.17) is 27.9 Å². The number of amides is 2. The zero-order valence-electron chi connectivity index (χ0n) is 14.1. The normalized spacial score (nSPS) is 23.2. The first kappa shape index (κ1) is 19.1. The fourth-order valence-corrected chi connectivity index (χ4v) is 3.33. The van der Waals surface area contributed by atoms with E-state index in [1.54, 1.807) is 12.1 Å². The predicted octanol–water partition coefficient (Wildman–Crippen LogP) is 1.65. The first-order chi connectivity index (χ1) is 12.5. The summed E-state index contributed by atoms with van der Waals surface area (Å²) in [5.74, 6) is -0.324. The number of halogens is 2. The Bertz CT molecular complexity index is 726. The van der Waals surface area contributed by atoms with Crippen LogP contribution < -0.4 is 16.1 Å². The van der Waals surface area contributed by atoms with Crippen LogP contribution in [0.4, 0.5) is 0 Å². The van der Waals surface area contributed by atoms with E-state index in [0.717, 1.165) is 12.1 Å². The van der Waals surface area contributed by atoms with Gasteiger partial charge in [0, 0.05) is 25.6 Å². The molecule has 0 spiro atoms. The predicted molar refractivity (Wildman–Crippen MR) is 99.3 cm³/mol. The number of carbonyl (C=O) groups excluding carboxylic acids is 2. The van der Waals surface area contributed by atoms with Crippen LogP contribution in [0, 0.1) is 5.92 Å². The van der Waals surface area contributed by atoms with Gasteiger partial charge in [0.2, 0.25) is 11.8 Å². The smallest absolute Gasteiger partial charge is 0.245 e. The van der Waals surface area contributed by atoms with Crippen molar-refractivity contribution in [2.45, 2.75) is 18.9 Å². The van der Waals surface area contributed by atoms with E-state index < -0.39 is 0 Å². The molecule has 1 aromatic rings. The van der Waals surface area contributed by atoms with E-state index in [-0.39, 0.29) is 36.7 Å². The highest BCUT2D eigenvalue weighted by molar-refractivity contribution is 6.42. The number of ether oxygens (including phenoxy) is 1. The largest absolute Gasteiger partial charge is 0.372 e. The van der Waals surface area contributed by atoms with Crippen molar-refractivity contribution in [3.63, 3.8) is 0 Å². The number of carbonyl (C=O) groups is 2. The lowest BCUT2D eigenvalue weighted by Crippen LogP contribution is -2.37. The topological polar surface area (TPSA) is 91.8 Å². The molecule has 2 aliphatic rings. The van der Waals surface area contributed by atoms with Gasteiger partial charge in [-0.15, -0.1) is 0 Å². The summed E-state index contributed by atoms with van der Waals surface area (Å²) in [4.78, 5) is 23.3. The van der Waals surface area contributed by atoms with E-state index in [2.05, 4.69) is 21.2 Å². The first-order valence-corrected chi connectivity index (χ1v) is 9.17. The Labute approximate surface area is 161 Å². The second kappa shape index (κ2) is 8.81. The minimum atomic E-state index is -0.202. The molecule has 9 heteroatoms. The molecule has 0 aliphatic carbocycles. The zero-order valence-corrected chi connectivity index (χ0v) is 15.6. The number of hydrogen-bond donors (Lipinski definition) is 3. The maximum atomic E-state index is 12.1. The molecule has 26 heavy (non-hydrogen) atoms. The highest BCUT2D eigenvalue weighted by atomic mass is 35.5. The third kappa shape index (κ3) is 4.94. The minimum Gasteiger partial charge on any atom is -0.372 e. The minimum absolute atomic E-state index is 0.0314. The van der Waals surface area contributed by atoms with E-state index in [9.17, 15) is 9.59 Å². The van der Waals surface area contributed by atoms with Crippen LogP contribution in [0.15, 0.2) is 23.3 Å². The molecular formula is C17H20Cl2N4O3. The molecule has 7 nitrogen and oxygen atoms in total. The van der Waals surface area contributed by atoms with Crippen molar-refractivity contribution in [2.24, 2.45) is 11.0 Å². The van der Waals surface area contributed by atoms with Gasteiger partial charge in [0.05, 0.1) is 41.3 Å². The maximum Gasteiger partial charge on any atom is 0.245 e. The van der Waals surface area contributed by atoms with Crippen molar-refractivity contribution >= 4 is 40.7 Å². The molecule has 1 fully saturated rings. The molecule has 2 aliphatic heterocycles. The average Bonchev–Trinajstić information content (AvgIpc) is 2.88. The lowest BCUT2D eigenvalue weighted by Gasteiger charge is -2.25. The monoisotopic (exact) mass is 398 g/mol. The van der Waals surface area contributed by atoms with Gasteiger partial charge in [-0.25, -0.2) is 5.43 Å². The van der Waals surface area contributed by atoms with Crippen molar-refractivity contribution < 1.29 is 14.3 Å². The van der Waals surface area contributed by atoms with Gasteiger partial charge < -0.3 is 15.4 Å². The third-order valence-electron chi connectivity index (χ3n) is 4.31. The second-order valence-electron chi connectivity index (χ2n) is 6.30. The molecule has 140 valence electrons. The van der Waals surface area contributed by atoms with Crippen molar-refractivity contribution in [2.75, 3.05) is 26.2 Å². The number of rotatable bonds is 5. The van der Waals surface area contributed by atoms with Crippen LogP contribution in [0.1, 0.15) is 24.5 Å². The summed E-state index contributed by atoms with van der Waals surface area (Å²) in [5.41, 5.74) is 3.82. The summed E-state index contributed by atoms with van der Waals surface area (Å²) in [6.45, 7) is 2.45. The lowest BCUT2D eigenvalue weighted by atomic mass is 9.95. The molecule has 0 bridgehead atoms. The lowest BCUT2D eigenvalue weighted by molar-refractivity contribution is -0.120. The van der Waals surface area contributed by atoms with Gasteiger partial charge in [-0.2, -0.15) is 5.10 Å². The fraction of sp³-hybridized carbons (Fsp3) is 0.471. The van der Waals surface area contributed by atoms with Gasteiger partial charge >= 0.3 is 0 Å². The molecule has 0 saturated carbocycles. The summed E-state index contributed by atoms with van der Waals surface area (Å²) in [7, 11) is 0. The zero-order chi connectivity index (χ0) is 18.5. The van der Waals surface area contributed by atoms with Crippen molar-refractivity contribution in [3.05, 3.63) is 33.8 Å². The number of benzene rings is 1. The van der Waals surface area contributed by atoms with Gasteiger partial charge in [0.15, 0.2) is 0 Å². The number of hydrogen-bond acceptors (Lipinski definition) is 5. The Morgan fingerprint density at radius 3 is 2.92 bits per heavy atom. The molecular weight excluding hydrogens is 379 g/mol. The van der Waals surface area contributed by atoms with Crippen molar-refractivity contribution in [3.8, 4) is 0 Å². The number of nitrogens with zero attached hydrogens (tertiary/aromatic N) is 1. The highest BCUT2D eigenvalue weighted by Gasteiger charge is 2.27. The molecule has 2 amide bonds. The Kier molecular flexibility index (Phi) is 6.48. The van der Waals surface area contributed by atoms with Gasteiger partial charge in [-0.05, 0) is 17.7 Å². The highest BCUT2D eigenvalue weighted by Crippen LogP contribution is 2.31. The van der Waals surface area contributed by atoms with Crippen LogP contribution in [-0.4, -0.2) is 43.8 Å². The molecule has 2 atom stereocenters. The summed E-state index contributed by atoms with van der Waals surface area (Å²) in [5, 5.41) is 11.0. The molecule has 2 heterocycles. The summed E-state index contributed by atoms with van der Waals surface area (Å²) in [6.07, 6.45) is 0.0806. The third-order valence-corrected chi connectivity index (χ3v) is 5.05. The van der Waals surface area contributed by atoms with E-state index >= 15 is 0 Å². The molecule has 3 N–H and O–H groups in total. The Balaban J connectivity index is 1.62. The quantitative estimate of drug-likeness (QED) is 0.702. The van der Waals surface area contributed by atoms with Gasteiger partial charge in [0.25, 0.3) is 0 Å². The second-order valence-corrected chi connectivity index (χ2v) is 7.11. The molecule has 0 unspecified atom stereocenters. The SMILES string of the molecule is O=C(CC1=NNC(=O)C1)NC[C@@H]1CNCCO[C@H]1c1ccc(Cl)c(Cl)c1. The van der Waals surface area contributed by atoms with Gasteiger partial charge in [-0.1, -0.05) is 29.3 Å². The summed E-state index contributed by atoms with van der Waals surface area (Å²) < 4.78 is 5.98. The van der Waals surface area contributed by atoms with Crippen LogP contribution in [0.25, 0.3) is 0 Å². The Morgan fingerprint density at radius 2 is 2.19 bits per heavy atom. The van der Waals surface area contributed by atoms with Gasteiger partial charge in [0.1, 0.15) is 0 Å². The molecule has 0 aromatic heterocycles. The van der Waals surface area contributed by atoms with Crippen LogP contribution in [0.2, 0.25) is 10.0 Å². The van der Waals surface area contributed by atoms with Crippen LogP contribution in [0.5, 0.6) is 0 Å². The van der Waals surface area contributed by atoms with E-state index in [0.29, 0.717) is 35.5 Å². The number of nitrogens with one attached hydrogen (secondary N) is 3.